The van der Waals surface area contributed by atoms with Gasteiger partial charge in [0, 0.05) is 29.9 Å². The maximum Gasteiger partial charge on any atom is 0.260 e. The number of carbonyl (C=O) groups excluding carboxylic acids is 1. The average Bonchev–Trinajstić information content (AvgIpc) is 3.36. The molecule has 4 aromatic rings. The van der Waals surface area contributed by atoms with E-state index in [0.717, 1.165) is 41.5 Å². The molecule has 39 heavy (non-hydrogen) atoms. The predicted molar refractivity (Wildman–Crippen MR) is 159 cm³/mol. The van der Waals surface area contributed by atoms with E-state index in [1.807, 2.05) is 51.1 Å². The average molecular weight is 585 g/mol. The molecule has 0 unspecified atom stereocenters. The molecule has 0 saturated heterocycles. The van der Waals surface area contributed by atoms with Crippen LogP contribution in [0.25, 0.3) is 10.2 Å². The maximum atomic E-state index is 13.8. The van der Waals surface area contributed by atoms with E-state index in [-0.39, 0.29) is 17.3 Å². The number of anilines is 1. The minimum absolute atomic E-state index is 0.188. The van der Waals surface area contributed by atoms with E-state index in [9.17, 15) is 13.2 Å². The van der Waals surface area contributed by atoms with Crippen molar-refractivity contribution in [2.75, 3.05) is 18.0 Å². The van der Waals surface area contributed by atoms with Crippen LogP contribution in [-0.4, -0.2) is 41.7 Å². The molecule has 0 fully saturated rings. The van der Waals surface area contributed by atoms with Gasteiger partial charge < -0.3 is 0 Å². The van der Waals surface area contributed by atoms with E-state index in [0.29, 0.717) is 34.5 Å². The van der Waals surface area contributed by atoms with E-state index in [1.54, 1.807) is 27.5 Å². The van der Waals surface area contributed by atoms with Gasteiger partial charge in [0.25, 0.3) is 5.91 Å². The highest BCUT2D eigenvalue weighted by atomic mass is 35.5. The Morgan fingerprint density at radius 1 is 1.00 bits per heavy atom. The monoisotopic (exact) mass is 584 g/mol. The number of benzene rings is 2. The molecule has 0 bridgehead atoms. The molecular formula is C29H33ClN4O3S2. The van der Waals surface area contributed by atoms with E-state index in [1.165, 1.54) is 23.5 Å². The molecule has 2 aromatic heterocycles. The van der Waals surface area contributed by atoms with Crippen LogP contribution in [0.4, 0.5) is 5.13 Å². The number of hydrogen-bond acceptors (Lipinski definition) is 6. The van der Waals surface area contributed by atoms with Crippen molar-refractivity contribution in [2.45, 2.75) is 57.9 Å². The second-order valence-corrected chi connectivity index (χ2v) is 12.8. The Hall–Kier alpha value is -2.85. The molecule has 0 aliphatic rings. The fourth-order valence-corrected chi connectivity index (χ4v) is 7.17. The topological polar surface area (TPSA) is 83.5 Å². The SMILES string of the molecule is CCCCN(CCCC)S(=O)(=O)c1ccc(C(=O)N(Cc2ccccn2)c2nc3c(C)cc(Cl)cc3s2)cc1. The van der Waals surface area contributed by atoms with Gasteiger partial charge in [-0.1, -0.05) is 55.7 Å². The molecule has 10 heteroatoms. The van der Waals surface area contributed by atoms with Crippen LogP contribution in [0.15, 0.2) is 65.7 Å². The van der Waals surface area contributed by atoms with Crippen LogP contribution >= 0.6 is 22.9 Å². The van der Waals surface area contributed by atoms with E-state index in [2.05, 4.69) is 4.98 Å². The molecule has 0 atom stereocenters. The summed E-state index contributed by atoms with van der Waals surface area (Å²) in [6.07, 6.45) is 5.11. The zero-order chi connectivity index (χ0) is 28.0. The predicted octanol–water partition coefficient (Wildman–Crippen LogP) is 7.09. The van der Waals surface area contributed by atoms with Crippen molar-refractivity contribution in [1.29, 1.82) is 0 Å². The third-order valence-electron chi connectivity index (χ3n) is 6.42. The highest BCUT2D eigenvalue weighted by Crippen LogP contribution is 2.34. The molecule has 0 aliphatic carbocycles. The van der Waals surface area contributed by atoms with E-state index in [4.69, 9.17) is 16.6 Å². The number of aromatic nitrogens is 2. The Kier molecular flexibility index (Phi) is 9.71. The van der Waals surface area contributed by atoms with E-state index < -0.39 is 10.0 Å². The van der Waals surface area contributed by atoms with E-state index >= 15 is 0 Å². The summed E-state index contributed by atoms with van der Waals surface area (Å²) in [5.74, 6) is -0.291. The van der Waals surface area contributed by atoms with Gasteiger partial charge in [-0.05, 0) is 73.9 Å². The third kappa shape index (κ3) is 6.84. The molecular weight excluding hydrogens is 552 g/mol. The fourth-order valence-electron chi connectivity index (χ4n) is 4.23. The summed E-state index contributed by atoms with van der Waals surface area (Å²) in [5.41, 5.74) is 2.79. The fraction of sp³-hybridized carbons (Fsp3) is 0.345. The van der Waals surface area contributed by atoms with Crippen molar-refractivity contribution in [2.24, 2.45) is 0 Å². The lowest BCUT2D eigenvalue weighted by Gasteiger charge is -2.22. The lowest BCUT2D eigenvalue weighted by Crippen LogP contribution is -2.33. The van der Waals surface area contributed by atoms with Gasteiger partial charge in [-0.3, -0.25) is 14.7 Å². The minimum Gasteiger partial charge on any atom is -0.278 e. The van der Waals surface area contributed by atoms with Crippen LogP contribution < -0.4 is 4.90 Å². The molecule has 4 rings (SSSR count). The van der Waals surface area contributed by atoms with Gasteiger partial charge in [-0.15, -0.1) is 0 Å². The third-order valence-corrected chi connectivity index (χ3v) is 9.58. The summed E-state index contributed by atoms with van der Waals surface area (Å²) in [5, 5.41) is 1.13. The lowest BCUT2D eigenvalue weighted by atomic mass is 10.2. The molecule has 0 spiro atoms. The van der Waals surface area contributed by atoms with Crippen LogP contribution in [-0.2, 0) is 16.6 Å². The number of nitrogens with zero attached hydrogens (tertiary/aromatic N) is 4. The first kappa shape index (κ1) is 29.1. The number of amides is 1. The maximum absolute atomic E-state index is 13.8. The number of unbranched alkanes of at least 4 members (excludes halogenated alkanes) is 2. The molecule has 1 amide bonds. The normalized spacial score (nSPS) is 11.8. The van der Waals surface area contributed by atoms with Crippen LogP contribution in [0.5, 0.6) is 0 Å². The Morgan fingerprint density at radius 2 is 1.69 bits per heavy atom. The number of carbonyl (C=O) groups is 1. The van der Waals surface area contributed by atoms with Gasteiger partial charge in [0.1, 0.15) is 0 Å². The summed E-state index contributed by atoms with van der Waals surface area (Å²) in [6.45, 7) is 7.21. The molecule has 7 nitrogen and oxygen atoms in total. The molecule has 0 N–H and O–H groups in total. The highest BCUT2D eigenvalue weighted by Gasteiger charge is 2.26. The number of thiazole rings is 1. The molecule has 2 aromatic carbocycles. The van der Waals surface area contributed by atoms with Crippen molar-refractivity contribution in [3.05, 3.63) is 82.6 Å². The lowest BCUT2D eigenvalue weighted by molar-refractivity contribution is 0.0984. The molecule has 0 aliphatic heterocycles. The molecule has 0 radical (unpaired) electrons. The Balaban J connectivity index is 1.67. The first-order chi connectivity index (χ1) is 18.7. The number of halogens is 1. The van der Waals surface area contributed by atoms with Crippen molar-refractivity contribution in [3.8, 4) is 0 Å². The smallest absolute Gasteiger partial charge is 0.260 e. The van der Waals surface area contributed by atoms with Crippen molar-refractivity contribution in [3.63, 3.8) is 0 Å². The second-order valence-electron chi connectivity index (χ2n) is 9.41. The Labute approximate surface area is 239 Å². The van der Waals surface area contributed by atoms with Crippen molar-refractivity contribution < 1.29 is 13.2 Å². The first-order valence-corrected chi connectivity index (χ1v) is 15.8. The van der Waals surface area contributed by atoms with Gasteiger partial charge in [0.2, 0.25) is 10.0 Å². The largest absolute Gasteiger partial charge is 0.278 e. The van der Waals surface area contributed by atoms with Gasteiger partial charge in [-0.25, -0.2) is 13.4 Å². The van der Waals surface area contributed by atoms with Gasteiger partial charge in [0.05, 0.1) is 27.4 Å². The molecule has 2 heterocycles. The summed E-state index contributed by atoms with van der Waals surface area (Å²) in [4.78, 5) is 24.8. The van der Waals surface area contributed by atoms with Crippen molar-refractivity contribution in [1.82, 2.24) is 14.3 Å². The van der Waals surface area contributed by atoms with Gasteiger partial charge >= 0.3 is 0 Å². The summed E-state index contributed by atoms with van der Waals surface area (Å²) < 4.78 is 29.2. The van der Waals surface area contributed by atoms with Crippen LogP contribution in [0.1, 0.15) is 61.1 Å². The summed E-state index contributed by atoms with van der Waals surface area (Å²) in [7, 11) is -3.66. The second kappa shape index (κ2) is 13.0. The van der Waals surface area contributed by atoms with Gasteiger partial charge in [-0.2, -0.15) is 4.31 Å². The quantitative estimate of drug-likeness (QED) is 0.177. The number of pyridine rings is 1. The van der Waals surface area contributed by atoms with Crippen LogP contribution in [0.3, 0.4) is 0 Å². The highest BCUT2D eigenvalue weighted by molar-refractivity contribution is 7.89. The number of sulfonamides is 1. The number of rotatable bonds is 12. The molecule has 206 valence electrons. The zero-order valence-corrected chi connectivity index (χ0v) is 24.8. The standard InChI is InChI=1S/C29H33ClN4O3S2/c1-4-6-16-33(17-7-5-2)39(36,37)25-13-11-22(12-14-25)28(35)34(20-24-10-8-9-15-31-24)29-32-27-21(3)18-23(30)19-26(27)38-29/h8-15,18-19H,4-7,16-17,20H2,1-3H3. The first-order valence-electron chi connectivity index (χ1n) is 13.1. The minimum atomic E-state index is -3.66. The Bertz CT molecular complexity index is 1520. The summed E-state index contributed by atoms with van der Waals surface area (Å²) in [6, 6.07) is 15.4. The number of hydrogen-bond donors (Lipinski definition) is 0. The zero-order valence-electron chi connectivity index (χ0n) is 22.4. The summed E-state index contributed by atoms with van der Waals surface area (Å²) >= 11 is 7.65. The van der Waals surface area contributed by atoms with Crippen LogP contribution in [0, 0.1) is 6.92 Å². The molecule has 0 saturated carbocycles. The number of aryl methyl sites for hydroxylation is 1. The van der Waals surface area contributed by atoms with Gasteiger partial charge in [0.15, 0.2) is 5.13 Å². The Morgan fingerprint density at radius 3 is 2.31 bits per heavy atom. The number of fused-ring (bicyclic) bond motifs is 1. The van der Waals surface area contributed by atoms with Crippen molar-refractivity contribution >= 4 is 54.2 Å². The van der Waals surface area contributed by atoms with Crippen LogP contribution in [0.2, 0.25) is 5.02 Å².